The zero-order valence-electron chi connectivity index (χ0n) is 15.6. The van der Waals surface area contributed by atoms with Gasteiger partial charge in [-0.25, -0.2) is 4.79 Å². The summed E-state index contributed by atoms with van der Waals surface area (Å²) < 4.78 is 6.84. The molecule has 0 unspecified atom stereocenters. The predicted molar refractivity (Wildman–Crippen MR) is 109 cm³/mol. The second-order valence-corrected chi connectivity index (χ2v) is 7.93. The fourth-order valence-corrected chi connectivity index (χ4v) is 3.29. The van der Waals surface area contributed by atoms with E-state index in [9.17, 15) is 9.59 Å². The van der Waals surface area contributed by atoms with Crippen LogP contribution in [0.3, 0.4) is 0 Å². The Morgan fingerprint density at radius 1 is 1.19 bits per heavy atom. The first-order chi connectivity index (χ1) is 12.7. The monoisotopic (exact) mass is 413 g/mol. The Hall–Kier alpha value is -1.60. The van der Waals surface area contributed by atoms with Crippen molar-refractivity contribution in [1.29, 1.82) is 0 Å². The average molecular weight is 414 g/mol. The minimum atomic E-state index is -0.467. The Balaban J connectivity index is 1.66. The molecule has 0 radical (unpaired) electrons. The number of nitrogens with one attached hydrogen (secondary N) is 2. The Kier molecular flexibility index (Phi) is 8.10. The Bertz CT molecular complexity index is 842. The summed E-state index contributed by atoms with van der Waals surface area (Å²) in [5.74, 6) is 0. The standard InChI is InChI=1S/C19H25Cl2N3O3/c1-19(2,22-7-4-14-10-15(20)12-16(21)11-14)6-3-9-27-13-24-8-5-17(25)23-18(24)26/h5,8,10-12,22H,3-4,6-7,9,13H2,1-2H3,(H,23,25,26). The summed E-state index contributed by atoms with van der Waals surface area (Å²) in [5, 5.41) is 4.83. The first-order valence-electron chi connectivity index (χ1n) is 8.83. The topological polar surface area (TPSA) is 76.1 Å². The number of hydrogen-bond acceptors (Lipinski definition) is 4. The molecule has 0 aliphatic rings. The molecule has 0 aliphatic carbocycles. The maximum absolute atomic E-state index is 11.5. The molecule has 27 heavy (non-hydrogen) atoms. The minimum Gasteiger partial charge on any atom is -0.361 e. The van der Waals surface area contributed by atoms with Crippen molar-refractivity contribution in [3.05, 3.63) is 66.9 Å². The van der Waals surface area contributed by atoms with E-state index in [1.54, 1.807) is 6.07 Å². The molecule has 6 nitrogen and oxygen atoms in total. The van der Waals surface area contributed by atoms with Crippen molar-refractivity contribution < 1.29 is 4.74 Å². The second-order valence-electron chi connectivity index (χ2n) is 7.06. The maximum atomic E-state index is 11.5. The molecule has 0 fully saturated rings. The van der Waals surface area contributed by atoms with Crippen molar-refractivity contribution in [2.24, 2.45) is 0 Å². The van der Waals surface area contributed by atoms with Crippen LogP contribution in [0, 0.1) is 0 Å². The fourth-order valence-electron chi connectivity index (χ4n) is 2.71. The lowest BCUT2D eigenvalue weighted by atomic mass is 9.98. The van der Waals surface area contributed by atoms with Crippen molar-refractivity contribution in [1.82, 2.24) is 14.9 Å². The smallest absolute Gasteiger partial charge is 0.330 e. The van der Waals surface area contributed by atoms with Crippen molar-refractivity contribution >= 4 is 23.2 Å². The van der Waals surface area contributed by atoms with Gasteiger partial charge in [0.2, 0.25) is 0 Å². The number of H-pyrrole nitrogens is 1. The average Bonchev–Trinajstić information content (AvgIpc) is 2.55. The molecule has 0 spiro atoms. The van der Waals surface area contributed by atoms with Crippen LogP contribution < -0.4 is 16.6 Å². The maximum Gasteiger partial charge on any atom is 0.330 e. The molecule has 0 bridgehead atoms. The molecule has 1 aromatic carbocycles. The lowest BCUT2D eigenvalue weighted by Crippen LogP contribution is -2.40. The van der Waals surface area contributed by atoms with Gasteiger partial charge >= 0.3 is 5.69 Å². The van der Waals surface area contributed by atoms with Gasteiger partial charge in [-0.2, -0.15) is 0 Å². The largest absolute Gasteiger partial charge is 0.361 e. The summed E-state index contributed by atoms with van der Waals surface area (Å²) in [5.41, 5.74) is 0.181. The highest BCUT2D eigenvalue weighted by Crippen LogP contribution is 2.19. The third-order valence-corrected chi connectivity index (χ3v) is 4.59. The summed E-state index contributed by atoms with van der Waals surface area (Å²) in [6.07, 6.45) is 4.04. The lowest BCUT2D eigenvalue weighted by Gasteiger charge is -2.26. The number of aromatic nitrogens is 2. The summed E-state index contributed by atoms with van der Waals surface area (Å²) in [4.78, 5) is 24.7. The quantitative estimate of drug-likeness (QED) is 0.586. The third kappa shape index (κ3) is 7.89. The molecule has 2 N–H and O–H groups in total. The van der Waals surface area contributed by atoms with Gasteiger partial charge in [-0.3, -0.25) is 14.3 Å². The SMILES string of the molecule is CC(C)(CCCOCn1ccc(=O)[nH]c1=O)NCCc1cc(Cl)cc(Cl)c1. The third-order valence-electron chi connectivity index (χ3n) is 4.16. The van der Waals surface area contributed by atoms with E-state index in [4.69, 9.17) is 27.9 Å². The van der Waals surface area contributed by atoms with Crippen LogP contribution in [0.15, 0.2) is 40.1 Å². The first-order valence-corrected chi connectivity index (χ1v) is 9.58. The molecule has 0 amide bonds. The zero-order valence-corrected chi connectivity index (χ0v) is 17.1. The van der Waals surface area contributed by atoms with Gasteiger partial charge < -0.3 is 10.1 Å². The highest BCUT2D eigenvalue weighted by atomic mass is 35.5. The van der Waals surface area contributed by atoms with E-state index in [-0.39, 0.29) is 12.3 Å². The number of hydrogen-bond donors (Lipinski definition) is 2. The molecule has 1 aromatic heterocycles. The van der Waals surface area contributed by atoms with Gasteiger partial charge in [-0.15, -0.1) is 0 Å². The van der Waals surface area contributed by atoms with E-state index in [2.05, 4.69) is 24.1 Å². The van der Waals surface area contributed by atoms with Gasteiger partial charge in [0.1, 0.15) is 6.73 Å². The van der Waals surface area contributed by atoms with Gasteiger partial charge in [0.05, 0.1) is 0 Å². The lowest BCUT2D eigenvalue weighted by molar-refractivity contribution is 0.0673. The van der Waals surface area contributed by atoms with Crippen molar-refractivity contribution in [3.8, 4) is 0 Å². The molecule has 148 valence electrons. The highest BCUT2D eigenvalue weighted by Gasteiger charge is 2.16. The van der Waals surface area contributed by atoms with E-state index in [0.29, 0.717) is 16.7 Å². The number of benzene rings is 1. The van der Waals surface area contributed by atoms with Crippen LogP contribution in [0.4, 0.5) is 0 Å². The van der Waals surface area contributed by atoms with Gasteiger partial charge in [0.15, 0.2) is 0 Å². The Morgan fingerprint density at radius 2 is 1.89 bits per heavy atom. The second kappa shape index (κ2) is 10.1. The molecule has 2 aromatic rings. The van der Waals surface area contributed by atoms with Crippen LogP contribution in [-0.4, -0.2) is 28.2 Å². The molecule has 1 heterocycles. The van der Waals surface area contributed by atoms with E-state index < -0.39 is 11.2 Å². The van der Waals surface area contributed by atoms with Crippen LogP contribution in [0.25, 0.3) is 0 Å². The van der Waals surface area contributed by atoms with Crippen LogP contribution in [0.1, 0.15) is 32.3 Å². The van der Waals surface area contributed by atoms with Crippen LogP contribution in [-0.2, 0) is 17.9 Å². The van der Waals surface area contributed by atoms with Crippen LogP contribution in [0.5, 0.6) is 0 Å². The van der Waals surface area contributed by atoms with Gasteiger partial charge in [-0.05, 0) is 63.4 Å². The van der Waals surface area contributed by atoms with Crippen LogP contribution in [0.2, 0.25) is 10.0 Å². The normalized spacial score (nSPS) is 11.7. The van der Waals surface area contributed by atoms with Gasteiger partial charge in [0, 0.05) is 34.5 Å². The number of ether oxygens (including phenoxy) is 1. The fraction of sp³-hybridized carbons (Fsp3) is 0.474. The number of nitrogens with zero attached hydrogens (tertiary/aromatic N) is 1. The molecule has 2 rings (SSSR count). The Morgan fingerprint density at radius 3 is 2.56 bits per heavy atom. The summed E-state index contributed by atoms with van der Waals surface area (Å²) in [7, 11) is 0. The van der Waals surface area contributed by atoms with E-state index in [0.717, 1.165) is 31.4 Å². The summed E-state index contributed by atoms with van der Waals surface area (Å²) >= 11 is 12.0. The summed E-state index contributed by atoms with van der Waals surface area (Å²) in [6.45, 7) is 5.76. The van der Waals surface area contributed by atoms with E-state index >= 15 is 0 Å². The molecule has 0 aliphatic heterocycles. The molecule has 0 saturated heterocycles. The highest BCUT2D eigenvalue weighted by molar-refractivity contribution is 6.34. The molecule has 0 atom stereocenters. The number of rotatable bonds is 10. The number of aromatic amines is 1. The molecular formula is C19H25Cl2N3O3. The number of halogens is 2. The summed E-state index contributed by atoms with van der Waals surface area (Å²) in [6, 6.07) is 6.87. The van der Waals surface area contributed by atoms with Crippen molar-refractivity contribution in [2.75, 3.05) is 13.2 Å². The Labute approximate surface area is 168 Å². The van der Waals surface area contributed by atoms with Crippen molar-refractivity contribution in [2.45, 2.75) is 45.4 Å². The minimum absolute atomic E-state index is 0.0411. The zero-order chi connectivity index (χ0) is 19.9. The van der Waals surface area contributed by atoms with E-state index in [1.807, 2.05) is 12.1 Å². The van der Waals surface area contributed by atoms with Crippen molar-refractivity contribution in [3.63, 3.8) is 0 Å². The van der Waals surface area contributed by atoms with E-state index in [1.165, 1.54) is 16.8 Å². The molecule has 0 saturated carbocycles. The van der Waals surface area contributed by atoms with Gasteiger partial charge in [-0.1, -0.05) is 23.2 Å². The predicted octanol–water partition coefficient (Wildman–Crippen LogP) is 3.21. The van der Waals surface area contributed by atoms with Gasteiger partial charge in [0.25, 0.3) is 5.56 Å². The van der Waals surface area contributed by atoms with Crippen LogP contribution >= 0.6 is 23.2 Å². The first kappa shape index (κ1) is 21.7. The molecule has 8 heteroatoms. The molecular weight excluding hydrogens is 389 g/mol.